The van der Waals surface area contributed by atoms with Crippen LogP contribution in [0.3, 0.4) is 0 Å². The molecule has 0 saturated heterocycles. The Morgan fingerprint density at radius 3 is 2.53 bits per heavy atom. The zero-order chi connectivity index (χ0) is 22.2. The Labute approximate surface area is 191 Å². The minimum Gasteiger partial charge on any atom is -0.298 e. The van der Waals surface area contributed by atoms with Crippen LogP contribution in [-0.2, 0) is 10.5 Å². The van der Waals surface area contributed by atoms with Crippen LogP contribution in [-0.4, -0.2) is 16.1 Å². The number of amidine groups is 1. The summed E-state index contributed by atoms with van der Waals surface area (Å²) >= 11 is 1.52. The van der Waals surface area contributed by atoms with Gasteiger partial charge in [-0.05, 0) is 38.0 Å². The number of hydrogen-bond acceptors (Lipinski definition) is 5. The summed E-state index contributed by atoms with van der Waals surface area (Å²) in [5, 5.41) is 11.8. The number of hydrogen-bond donors (Lipinski definition) is 1. The average Bonchev–Trinajstić information content (AvgIpc) is 2.79. The lowest BCUT2D eigenvalue weighted by Crippen LogP contribution is -2.50. The van der Waals surface area contributed by atoms with Crippen molar-refractivity contribution in [3.05, 3.63) is 105 Å². The van der Waals surface area contributed by atoms with Crippen molar-refractivity contribution in [1.82, 2.24) is 10.3 Å². The highest BCUT2D eigenvalue weighted by atomic mass is 32.2. The molecule has 2 heterocycles. The highest BCUT2D eigenvalue weighted by Gasteiger charge is 2.35. The normalized spacial score (nSPS) is 17.2. The van der Waals surface area contributed by atoms with Crippen molar-refractivity contribution in [3.63, 3.8) is 0 Å². The summed E-state index contributed by atoms with van der Waals surface area (Å²) in [5.74, 6) is 0.578. The van der Waals surface area contributed by atoms with Gasteiger partial charge in [-0.2, -0.15) is 0 Å². The van der Waals surface area contributed by atoms with Gasteiger partial charge in [0.2, 0.25) is 0 Å². The van der Waals surface area contributed by atoms with Gasteiger partial charge in [0.05, 0.1) is 5.36 Å². The molecule has 6 heteroatoms. The van der Waals surface area contributed by atoms with Crippen LogP contribution in [0.1, 0.15) is 34.0 Å². The van der Waals surface area contributed by atoms with Gasteiger partial charge in [0.15, 0.2) is 11.3 Å². The Hall–Kier alpha value is -3.38. The van der Waals surface area contributed by atoms with Gasteiger partial charge in [-0.25, -0.2) is 5.01 Å². The lowest BCUT2D eigenvalue weighted by atomic mass is 10.0. The van der Waals surface area contributed by atoms with Gasteiger partial charge in [0.1, 0.15) is 5.70 Å². The van der Waals surface area contributed by atoms with E-state index in [1.807, 2.05) is 24.3 Å². The number of benzene rings is 3. The largest absolute Gasteiger partial charge is 0.298 e. The van der Waals surface area contributed by atoms with Crippen LogP contribution >= 0.6 is 11.8 Å². The molecule has 0 saturated carbocycles. The zero-order valence-electron chi connectivity index (χ0n) is 18.3. The molecule has 3 aromatic rings. The number of para-hydroxylation sites is 1. The fourth-order valence-corrected chi connectivity index (χ4v) is 4.78. The summed E-state index contributed by atoms with van der Waals surface area (Å²) in [7, 11) is 0. The molecule has 0 fully saturated rings. The molecule has 1 amide bonds. The molecule has 0 aliphatic carbocycles. The lowest BCUT2D eigenvalue weighted by Gasteiger charge is -2.34. The van der Waals surface area contributed by atoms with E-state index in [9.17, 15) is 4.79 Å². The van der Waals surface area contributed by atoms with Gasteiger partial charge >= 0.3 is 0 Å². The summed E-state index contributed by atoms with van der Waals surface area (Å²) in [6.07, 6.45) is -0.388. The third-order valence-electron chi connectivity index (χ3n) is 5.72. The van der Waals surface area contributed by atoms with E-state index in [1.165, 1.54) is 22.9 Å². The van der Waals surface area contributed by atoms with Gasteiger partial charge in [0, 0.05) is 16.5 Å². The van der Waals surface area contributed by atoms with Gasteiger partial charge in [0.25, 0.3) is 5.91 Å². The van der Waals surface area contributed by atoms with Crippen LogP contribution in [0.25, 0.3) is 5.70 Å². The van der Waals surface area contributed by atoms with Gasteiger partial charge in [-0.1, -0.05) is 83.6 Å². The number of hydrazone groups is 1. The first-order valence-electron chi connectivity index (χ1n) is 10.6. The van der Waals surface area contributed by atoms with E-state index in [4.69, 9.17) is 10.1 Å². The van der Waals surface area contributed by atoms with E-state index in [0.717, 1.165) is 33.0 Å². The zero-order valence-corrected chi connectivity index (χ0v) is 19.1. The summed E-state index contributed by atoms with van der Waals surface area (Å²) in [4.78, 5) is 18.3. The molecule has 0 radical (unpaired) electrons. The fourth-order valence-electron chi connectivity index (χ4n) is 3.97. The molecule has 32 heavy (non-hydrogen) atoms. The molecule has 0 spiro atoms. The first-order chi connectivity index (χ1) is 15.5. The second-order valence-corrected chi connectivity index (χ2v) is 9.17. The third-order valence-corrected chi connectivity index (χ3v) is 6.66. The van der Waals surface area contributed by atoms with Crippen molar-refractivity contribution in [2.45, 2.75) is 32.7 Å². The third kappa shape index (κ3) is 3.82. The predicted octanol–water partition coefficient (Wildman–Crippen LogP) is 3.69. The van der Waals surface area contributed by atoms with E-state index >= 15 is 0 Å². The number of fused-ring (bicyclic) bond motifs is 2. The average molecular weight is 441 g/mol. The van der Waals surface area contributed by atoms with Gasteiger partial charge in [-0.15, -0.1) is 5.10 Å². The highest BCUT2D eigenvalue weighted by molar-refractivity contribution is 8.13. The summed E-state index contributed by atoms with van der Waals surface area (Å²) in [6.45, 7) is 6.22. The SMILES string of the molecule is Cc1ccc(CSC2=NN3C(=c4ccccc4=N[C@H]3c3cc(C)ccc3C)C(=O)N2)cc1. The summed E-state index contributed by atoms with van der Waals surface area (Å²) in [5.41, 5.74) is 6.29. The smallest absolute Gasteiger partial charge is 0.276 e. The molecule has 0 aromatic heterocycles. The molecule has 1 N–H and O–H groups in total. The first kappa shape index (κ1) is 20.5. The second kappa shape index (κ2) is 8.28. The van der Waals surface area contributed by atoms with Crippen molar-refractivity contribution in [1.29, 1.82) is 0 Å². The van der Waals surface area contributed by atoms with Gasteiger partial charge < -0.3 is 0 Å². The Morgan fingerprint density at radius 2 is 1.72 bits per heavy atom. The van der Waals surface area contributed by atoms with Crippen molar-refractivity contribution >= 4 is 28.5 Å². The maximum atomic E-state index is 13.3. The van der Waals surface area contributed by atoms with Crippen LogP contribution in [0.2, 0.25) is 0 Å². The van der Waals surface area contributed by atoms with E-state index in [1.54, 1.807) is 5.01 Å². The Balaban J connectivity index is 1.58. The monoisotopic (exact) mass is 440 g/mol. The molecule has 0 bridgehead atoms. The maximum Gasteiger partial charge on any atom is 0.276 e. The number of aryl methyl sites for hydroxylation is 3. The highest BCUT2D eigenvalue weighted by Crippen LogP contribution is 2.33. The molecule has 160 valence electrons. The van der Waals surface area contributed by atoms with Crippen molar-refractivity contribution in [2.75, 3.05) is 0 Å². The fraction of sp³-hybridized carbons (Fsp3) is 0.192. The molecular formula is C26H24N4OS. The predicted molar refractivity (Wildman–Crippen MR) is 129 cm³/mol. The standard InChI is InChI=1S/C26H24N4OS/c1-16-9-12-19(13-10-16)15-32-26-28-25(31)23-20-6-4-5-7-22(20)27-24(30(23)29-26)21-14-17(2)8-11-18(21)3/h4-14,24H,15H2,1-3H3,(H,28,29,31)/t24-/m1/s1. The molecule has 2 aliphatic rings. The number of nitrogens with zero attached hydrogens (tertiary/aromatic N) is 3. The summed E-state index contributed by atoms with van der Waals surface area (Å²) < 4.78 is 0. The van der Waals surface area contributed by atoms with Crippen LogP contribution in [0.5, 0.6) is 0 Å². The summed E-state index contributed by atoms with van der Waals surface area (Å²) in [6, 6.07) is 22.5. The first-order valence-corrected chi connectivity index (χ1v) is 11.6. The molecule has 3 aromatic carbocycles. The molecular weight excluding hydrogens is 416 g/mol. The van der Waals surface area contributed by atoms with Crippen molar-refractivity contribution in [2.24, 2.45) is 10.1 Å². The van der Waals surface area contributed by atoms with Crippen LogP contribution in [0, 0.1) is 20.8 Å². The molecule has 0 unspecified atom stereocenters. The van der Waals surface area contributed by atoms with Crippen LogP contribution in [0.4, 0.5) is 0 Å². The number of amides is 1. The Kier molecular flexibility index (Phi) is 5.31. The van der Waals surface area contributed by atoms with E-state index in [2.05, 4.69) is 68.6 Å². The van der Waals surface area contributed by atoms with Crippen LogP contribution < -0.4 is 15.9 Å². The number of thioether (sulfide) groups is 1. The van der Waals surface area contributed by atoms with E-state index < -0.39 is 0 Å². The van der Waals surface area contributed by atoms with Crippen molar-refractivity contribution < 1.29 is 4.79 Å². The molecule has 5 nitrogen and oxygen atoms in total. The van der Waals surface area contributed by atoms with Crippen molar-refractivity contribution in [3.8, 4) is 0 Å². The van der Waals surface area contributed by atoms with E-state index in [0.29, 0.717) is 10.9 Å². The number of rotatable bonds is 3. The minimum absolute atomic E-state index is 0.149. The van der Waals surface area contributed by atoms with E-state index in [-0.39, 0.29) is 12.1 Å². The number of carbonyl (C=O) groups is 1. The van der Waals surface area contributed by atoms with Crippen LogP contribution in [0.15, 0.2) is 76.8 Å². The second-order valence-electron chi connectivity index (χ2n) is 8.21. The quantitative estimate of drug-likeness (QED) is 0.676. The Bertz CT molecular complexity index is 1360. The Morgan fingerprint density at radius 1 is 0.969 bits per heavy atom. The molecule has 1 atom stereocenters. The number of nitrogens with one attached hydrogen (secondary N) is 1. The minimum atomic E-state index is -0.388. The van der Waals surface area contributed by atoms with Gasteiger partial charge in [-0.3, -0.25) is 15.1 Å². The topological polar surface area (TPSA) is 57.1 Å². The molecule has 2 aliphatic heterocycles. The molecule has 5 rings (SSSR count). The number of carbonyl (C=O) groups excluding carboxylic acids is 1. The maximum absolute atomic E-state index is 13.3. The lowest BCUT2D eigenvalue weighted by molar-refractivity contribution is -0.116.